The predicted octanol–water partition coefficient (Wildman–Crippen LogP) is -6.62. The van der Waals surface area contributed by atoms with E-state index >= 15 is 0 Å². The number of amides is 6. The number of nitrogens with one attached hydrogen (secondary N) is 6. The zero-order chi connectivity index (χ0) is 64.7. The smallest absolute Gasteiger partial charge is 0.221 e. The van der Waals surface area contributed by atoms with E-state index in [2.05, 4.69) is 31.9 Å². The second-order valence-corrected chi connectivity index (χ2v) is 19.1. The Hall–Kier alpha value is -4.90. The third kappa shape index (κ3) is 40.5. The summed E-state index contributed by atoms with van der Waals surface area (Å²) in [6.07, 6.45) is -12.1. The van der Waals surface area contributed by atoms with Gasteiger partial charge in [0.1, 0.15) is 47.3 Å². The van der Waals surface area contributed by atoms with E-state index in [1.165, 1.54) is 0 Å². The lowest BCUT2D eigenvalue weighted by molar-refractivity contribution is -0.165. The zero-order valence-electron chi connectivity index (χ0n) is 49.4. The highest BCUT2D eigenvalue weighted by Crippen LogP contribution is 2.23. The van der Waals surface area contributed by atoms with Crippen LogP contribution in [0.2, 0.25) is 0 Å². The summed E-state index contributed by atoms with van der Waals surface area (Å²) in [5.74, 6) is -4.56. The number of carbonyl (C=O) groups excluding carboxylic acids is 6. The highest BCUT2D eigenvalue weighted by atomic mass is 16.6. The van der Waals surface area contributed by atoms with E-state index in [0.29, 0.717) is 0 Å². The normalized spacial score (nSPS) is 15.7. The molecule has 34 heteroatoms. The molecule has 0 aliphatic carbocycles. The van der Waals surface area contributed by atoms with Crippen molar-refractivity contribution in [1.29, 1.82) is 0 Å². The molecule has 20 N–H and O–H groups in total. The molecular formula is C52H97N7O27. The van der Waals surface area contributed by atoms with Crippen molar-refractivity contribution in [1.82, 2.24) is 31.9 Å². The average molecular weight is 1250 g/mol. The first-order chi connectivity index (χ1) is 40.9. The molecule has 0 rings (SSSR count). The van der Waals surface area contributed by atoms with Crippen LogP contribution in [0.25, 0.3) is 0 Å². The lowest BCUT2D eigenvalue weighted by Gasteiger charge is -2.30. The van der Waals surface area contributed by atoms with Crippen LogP contribution in [-0.4, -0.2) is 290 Å². The van der Waals surface area contributed by atoms with Crippen LogP contribution < -0.4 is 37.6 Å². The molecule has 0 fully saturated rings. The number of hydrogen-bond acceptors (Lipinski definition) is 28. The molecule has 0 spiro atoms. The molecule has 0 bridgehead atoms. The first kappa shape index (κ1) is 81.1. The van der Waals surface area contributed by atoms with E-state index in [1.54, 1.807) is 0 Å². The van der Waals surface area contributed by atoms with Crippen molar-refractivity contribution in [3.05, 3.63) is 22.9 Å². The quantitative estimate of drug-likeness (QED) is 0.0153. The lowest BCUT2D eigenvalue weighted by Crippen LogP contribution is -2.55. The topological polar surface area (TPSA) is 526 Å². The number of nitrogens with two attached hydrogens (primary N) is 1. The molecular weight excluding hydrogens is 1150 g/mol. The largest absolute Gasteiger partial charge is 0.508 e. The van der Waals surface area contributed by atoms with Crippen molar-refractivity contribution >= 4 is 35.4 Å². The third-order valence-corrected chi connectivity index (χ3v) is 11.9. The number of hydrogen-bond donors (Lipinski definition) is 19. The highest BCUT2D eigenvalue weighted by Gasteiger charge is 2.34. The van der Waals surface area contributed by atoms with Crippen molar-refractivity contribution < 1.29 is 133 Å². The minimum absolute atomic E-state index is 0.0110. The fourth-order valence-corrected chi connectivity index (χ4v) is 7.28. The molecule has 8 unspecified atom stereocenters. The Morgan fingerprint density at radius 3 is 1.07 bits per heavy atom. The van der Waals surface area contributed by atoms with Crippen molar-refractivity contribution in [2.75, 3.05) is 139 Å². The van der Waals surface area contributed by atoms with Crippen molar-refractivity contribution in [3.8, 4) is 0 Å². The summed E-state index contributed by atoms with van der Waals surface area (Å²) in [7, 11) is 0. The Morgan fingerprint density at radius 1 is 0.442 bits per heavy atom. The summed E-state index contributed by atoms with van der Waals surface area (Å²) in [4.78, 5) is 73.2. The molecule has 6 amide bonds. The third-order valence-electron chi connectivity index (χ3n) is 11.9. The molecule has 0 saturated carbocycles. The number of ether oxygens (including phenoxy) is 9. The van der Waals surface area contributed by atoms with Gasteiger partial charge in [0.25, 0.3) is 0 Å². The fourth-order valence-electron chi connectivity index (χ4n) is 7.28. The van der Waals surface area contributed by atoms with Gasteiger partial charge in [0.15, 0.2) is 18.9 Å². The lowest BCUT2D eigenvalue weighted by atomic mass is 9.84. The standard InChI is InChI=1S/C52H97N7O27/c1-34(63)57-43(46(72)37(66)7-16-60)49(75)84-31-28-81-25-22-78-19-13-54-40(69)4-10-52(53,11-5-41(70)55-14-20-79-23-26-82-29-32-85-50(76)44(58-35(2)64)47(73)38(67)8-17-61)12-6-42(71)56-15-21-80-24-27-83-30-33-86-51(77)45(59-36(3)65)48(74)39(68)9-18-62/h37-39,43,46,49-51,60-62,66-68,72-77H,4-33,53H2,1-3H3,(H,54,69)(H,55,70)(H,56,71)(H,57,63)(H,58,64)(H,59,65)/b47-44-,48-45-. The van der Waals surface area contributed by atoms with Gasteiger partial charge in [-0.2, -0.15) is 0 Å². The average Bonchev–Trinajstić information content (AvgIpc) is 3.67. The number of aliphatic hydroxyl groups is 12. The van der Waals surface area contributed by atoms with Gasteiger partial charge in [-0.05, 0) is 25.7 Å². The molecule has 0 saturated heterocycles. The molecule has 0 aromatic heterocycles. The maximum atomic E-state index is 12.9. The molecule has 0 heterocycles. The first-order valence-corrected chi connectivity index (χ1v) is 28.1. The van der Waals surface area contributed by atoms with Crippen LogP contribution in [0.1, 0.15) is 78.6 Å². The molecule has 8 atom stereocenters. The van der Waals surface area contributed by atoms with E-state index in [0.717, 1.165) is 20.8 Å². The summed E-state index contributed by atoms with van der Waals surface area (Å²) >= 11 is 0. The first-order valence-electron chi connectivity index (χ1n) is 28.1. The molecule has 0 aliphatic rings. The maximum absolute atomic E-state index is 12.9. The Bertz CT molecular complexity index is 1850. The van der Waals surface area contributed by atoms with E-state index < -0.39 is 115 Å². The van der Waals surface area contributed by atoms with E-state index in [1.807, 2.05) is 0 Å². The van der Waals surface area contributed by atoms with Crippen LogP contribution in [0, 0.1) is 0 Å². The molecule has 0 radical (unpaired) electrons. The van der Waals surface area contributed by atoms with Crippen molar-refractivity contribution in [2.45, 2.75) is 133 Å². The summed E-state index contributed by atoms with van der Waals surface area (Å²) in [5, 5.41) is 133. The van der Waals surface area contributed by atoms with Gasteiger partial charge in [-0.1, -0.05) is 0 Å². The van der Waals surface area contributed by atoms with Crippen LogP contribution in [0.4, 0.5) is 0 Å². The Labute approximate surface area is 499 Å². The van der Waals surface area contributed by atoms with Gasteiger partial charge < -0.3 is 142 Å². The molecule has 502 valence electrons. The Balaban J connectivity index is 5.04. The summed E-state index contributed by atoms with van der Waals surface area (Å²) < 4.78 is 48.2. The van der Waals surface area contributed by atoms with Gasteiger partial charge in [0, 0.05) is 97.9 Å². The molecule has 0 aromatic rings. The van der Waals surface area contributed by atoms with Crippen LogP contribution >= 0.6 is 0 Å². The van der Waals surface area contributed by atoms with E-state index in [-0.39, 0.29) is 194 Å². The fraction of sp³-hybridized carbons (Fsp3) is 0.808. The van der Waals surface area contributed by atoms with Gasteiger partial charge in [-0.25, -0.2) is 0 Å². The summed E-state index contributed by atoms with van der Waals surface area (Å²) in [5.41, 5.74) is 4.66. The van der Waals surface area contributed by atoms with Crippen molar-refractivity contribution in [3.63, 3.8) is 0 Å². The summed E-state index contributed by atoms with van der Waals surface area (Å²) in [6, 6.07) is -1.38. The Kier molecular flexibility index (Phi) is 47.2. The second kappa shape index (κ2) is 50.0. The van der Waals surface area contributed by atoms with Gasteiger partial charge >= 0.3 is 0 Å². The minimum atomic E-state index is -1.82. The van der Waals surface area contributed by atoms with Crippen LogP contribution in [-0.2, 0) is 71.4 Å². The van der Waals surface area contributed by atoms with Gasteiger partial charge in [0.05, 0.1) is 105 Å². The van der Waals surface area contributed by atoms with Gasteiger partial charge in [0.2, 0.25) is 35.4 Å². The van der Waals surface area contributed by atoms with Gasteiger partial charge in [-0.15, -0.1) is 0 Å². The molecule has 0 aromatic carbocycles. The minimum Gasteiger partial charge on any atom is -0.508 e. The number of carbonyl (C=O) groups is 6. The maximum Gasteiger partial charge on any atom is 0.221 e. The second-order valence-electron chi connectivity index (χ2n) is 19.1. The zero-order valence-corrected chi connectivity index (χ0v) is 49.4. The van der Waals surface area contributed by atoms with Crippen LogP contribution in [0.15, 0.2) is 22.9 Å². The predicted molar refractivity (Wildman–Crippen MR) is 298 cm³/mol. The molecule has 86 heavy (non-hydrogen) atoms. The number of aliphatic hydroxyl groups excluding tert-OH is 12. The SMILES string of the molecule is CC(=O)N/C(=C(\O)C(O)CCO)C(O)OCCOCCOCCNC(=O)CCC(N)(CCC(=O)NCCOCCOCCOC(O)/C(NC(C)=O)=C(/O)C(O)CCO)CCC(=O)NCCOCCOCCOC(O)C(NC(C)=O)C(O)C(O)CCO. The monoisotopic (exact) mass is 1250 g/mol. The number of rotatable bonds is 55. The van der Waals surface area contributed by atoms with Gasteiger partial charge in [-0.3, -0.25) is 28.8 Å². The Morgan fingerprint density at radius 2 is 0.756 bits per heavy atom. The highest BCUT2D eigenvalue weighted by molar-refractivity contribution is 5.78. The molecule has 34 nitrogen and oxygen atoms in total. The summed E-state index contributed by atoms with van der Waals surface area (Å²) in [6.45, 7) is 2.77. The molecule has 0 aliphatic heterocycles. The van der Waals surface area contributed by atoms with Crippen molar-refractivity contribution in [2.24, 2.45) is 5.73 Å². The van der Waals surface area contributed by atoms with E-state index in [9.17, 15) is 74.7 Å². The van der Waals surface area contributed by atoms with Crippen LogP contribution in [0.5, 0.6) is 0 Å². The van der Waals surface area contributed by atoms with Crippen LogP contribution in [0.3, 0.4) is 0 Å². The van der Waals surface area contributed by atoms with E-state index in [4.69, 9.17) is 63.7 Å².